The molecule has 0 N–H and O–H groups in total. The highest BCUT2D eigenvalue weighted by atomic mass is 32.2. The summed E-state index contributed by atoms with van der Waals surface area (Å²) < 4.78 is 1.80. The Labute approximate surface area is 122 Å². The van der Waals surface area contributed by atoms with Crippen LogP contribution in [0.2, 0.25) is 0 Å². The van der Waals surface area contributed by atoms with Crippen molar-refractivity contribution in [2.45, 2.75) is 22.5 Å². The maximum Gasteiger partial charge on any atom is 0.175 e. The molecule has 0 atom stereocenters. The van der Waals surface area contributed by atoms with E-state index in [1.54, 1.807) is 23.1 Å². The normalized spacial score (nSPS) is 10.8. The number of carbonyl (C=O) groups excluding carboxylic acids is 1. The minimum absolute atomic E-state index is 0.169. The summed E-state index contributed by atoms with van der Waals surface area (Å²) in [5.41, 5.74) is 0.847. The molecule has 0 saturated carbocycles. The van der Waals surface area contributed by atoms with Crippen LogP contribution in [0.15, 0.2) is 14.7 Å². The number of thiophene rings is 1. The molecular weight excluding hydrogens is 304 g/mol. The Hall–Kier alpha value is -0.370. The number of Topliss-reactive ketones (excluding diaryl/α,β-unsaturated/α-hetero) is 1. The minimum atomic E-state index is 0.169. The highest BCUT2D eigenvalue weighted by molar-refractivity contribution is 8.03. The molecule has 7 heteroatoms. The SMILES string of the molecule is CSc1nnc(SCC(=O)c2cc(C)sc2C)s1. The summed E-state index contributed by atoms with van der Waals surface area (Å²) in [5.74, 6) is 0.600. The van der Waals surface area contributed by atoms with Crippen LogP contribution in [0.4, 0.5) is 0 Å². The predicted octanol–water partition coefficient (Wildman–Crippen LogP) is 3.91. The van der Waals surface area contributed by atoms with E-state index in [-0.39, 0.29) is 5.78 Å². The van der Waals surface area contributed by atoms with E-state index in [1.807, 2.05) is 26.2 Å². The molecule has 2 aromatic heterocycles. The maximum atomic E-state index is 12.1. The van der Waals surface area contributed by atoms with Crippen LogP contribution in [0.1, 0.15) is 20.1 Å². The lowest BCUT2D eigenvalue weighted by molar-refractivity contribution is 0.102. The Morgan fingerprint density at radius 2 is 2.00 bits per heavy atom. The van der Waals surface area contributed by atoms with Gasteiger partial charge in [0.2, 0.25) is 0 Å². The fourth-order valence-electron chi connectivity index (χ4n) is 1.45. The standard InChI is InChI=1S/C11H12N2OS4/c1-6-4-8(7(2)17-6)9(14)5-16-11-13-12-10(15-3)18-11/h4H,5H2,1-3H3. The lowest BCUT2D eigenvalue weighted by Crippen LogP contribution is -2.02. The van der Waals surface area contributed by atoms with Crippen LogP contribution in [0, 0.1) is 13.8 Å². The maximum absolute atomic E-state index is 12.1. The quantitative estimate of drug-likeness (QED) is 0.618. The average Bonchev–Trinajstić information content (AvgIpc) is 2.92. The molecule has 0 unspecified atom stereocenters. The number of nitrogens with zero attached hydrogens (tertiary/aromatic N) is 2. The Morgan fingerprint density at radius 1 is 1.28 bits per heavy atom. The summed E-state index contributed by atoms with van der Waals surface area (Å²) >= 11 is 6.24. The number of hydrogen-bond acceptors (Lipinski definition) is 7. The molecule has 18 heavy (non-hydrogen) atoms. The largest absolute Gasteiger partial charge is 0.293 e. The first-order valence-electron chi connectivity index (χ1n) is 5.20. The third-order valence-electron chi connectivity index (χ3n) is 2.23. The molecule has 0 spiro atoms. The van der Waals surface area contributed by atoms with E-state index in [4.69, 9.17) is 0 Å². The van der Waals surface area contributed by atoms with E-state index in [0.29, 0.717) is 5.75 Å². The number of hydrogen-bond donors (Lipinski definition) is 0. The molecule has 0 aliphatic carbocycles. The lowest BCUT2D eigenvalue weighted by Gasteiger charge is -1.97. The Morgan fingerprint density at radius 3 is 2.56 bits per heavy atom. The lowest BCUT2D eigenvalue weighted by atomic mass is 10.2. The van der Waals surface area contributed by atoms with Gasteiger partial charge in [0, 0.05) is 15.3 Å². The molecule has 2 heterocycles. The number of carbonyl (C=O) groups is 1. The van der Waals surface area contributed by atoms with Gasteiger partial charge in [-0.15, -0.1) is 21.5 Å². The molecule has 3 nitrogen and oxygen atoms in total. The fraction of sp³-hybridized carbons (Fsp3) is 0.364. The first-order chi connectivity index (χ1) is 8.60. The van der Waals surface area contributed by atoms with E-state index in [0.717, 1.165) is 19.1 Å². The number of thioether (sulfide) groups is 2. The van der Waals surface area contributed by atoms with Gasteiger partial charge >= 0.3 is 0 Å². The van der Waals surface area contributed by atoms with Crippen LogP contribution in [-0.4, -0.2) is 28.0 Å². The van der Waals surface area contributed by atoms with Crippen LogP contribution >= 0.6 is 46.2 Å². The molecule has 0 aromatic carbocycles. The number of aromatic nitrogens is 2. The highest BCUT2D eigenvalue weighted by Crippen LogP contribution is 2.29. The summed E-state index contributed by atoms with van der Waals surface area (Å²) in [6, 6.07) is 1.97. The van der Waals surface area contributed by atoms with Gasteiger partial charge in [0.05, 0.1) is 5.75 Å². The molecule has 2 aromatic rings. The van der Waals surface area contributed by atoms with Gasteiger partial charge in [-0.25, -0.2) is 0 Å². The second kappa shape index (κ2) is 6.18. The van der Waals surface area contributed by atoms with Crippen LogP contribution in [0.5, 0.6) is 0 Å². The van der Waals surface area contributed by atoms with Crippen molar-refractivity contribution >= 4 is 52.0 Å². The first kappa shape index (κ1) is 14.0. The van der Waals surface area contributed by atoms with Gasteiger partial charge in [0.25, 0.3) is 0 Å². The van der Waals surface area contributed by atoms with E-state index >= 15 is 0 Å². The summed E-state index contributed by atoms with van der Waals surface area (Å²) in [6.07, 6.45) is 1.97. The Bertz CT molecular complexity index is 561. The van der Waals surface area contributed by atoms with E-state index in [9.17, 15) is 4.79 Å². The van der Waals surface area contributed by atoms with Gasteiger partial charge in [-0.3, -0.25) is 4.79 Å². The minimum Gasteiger partial charge on any atom is -0.293 e. The molecule has 0 fully saturated rings. The van der Waals surface area contributed by atoms with Gasteiger partial charge in [-0.1, -0.05) is 34.9 Å². The molecule has 96 valence electrons. The Kier molecular flexibility index (Phi) is 4.83. The average molecular weight is 316 g/mol. The van der Waals surface area contributed by atoms with Crippen LogP contribution in [-0.2, 0) is 0 Å². The third kappa shape index (κ3) is 3.34. The van der Waals surface area contributed by atoms with Crippen LogP contribution < -0.4 is 0 Å². The highest BCUT2D eigenvalue weighted by Gasteiger charge is 2.13. The molecule has 2 rings (SSSR count). The summed E-state index contributed by atoms with van der Waals surface area (Å²) in [7, 11) is 0. The van der Waals surface area contributed by atoms with Crippen molar-refractivity contribution in [2.24, 2.45) is 0 Å². The summed E-state index contributed by atoms with van der Waals surface area (Å²) in [4.78, 5) is 14.3. The molecule has 0 amide bonds. The van der Waals surface area contributed by atoms with Crippen molar-refractivity contribution in [1.82, 2.24) is 10.2 Å². The van der Waals surface area contributed by atoms with Crippen molar-refractivity contribution in [3.8, 4) is 0 Å². The van der Waals surface area contributed by atoms with Crippen molar-refractivity contribution < 1.29 is 4.79 Å². The van der Waals surface area contributed by atoms with Gasteiger partial charge < -0.3 is 0 Å². The molecule has 0 aliphatic rings. The van der Waals surface area contributed by atoms with Gasteiger partial charge in [0.1, 0.15) is 0 Å². The molecule has 0 aliphatic heterocycles. The van der Waals surface area contributed by atoms with Crippen molar-refractivity contribution in [3.63, 3.8) is 0 Å². The topological polar surface area (TPSA) is 42.9 Å². The number of rotatable bonds is 5. The van der Waals surface area contributed by atoms with Crippen molar-refractivity contribution in [3.05, 3.63) is 21.4 Å². The van der Waals surface area contributed by atoms with E-state index < -0.39 is 0 Å². The zero-order valence-corrected chi connectivity index (χ0v) is 13.5. The smallest absolute Gasteiger partial charge is 0.175 e. The molecule has 0 bridgehead atoms. The molecular formula is C11H12N2OS4. The van der Waals surface area contributed by atoms with Crippen molar-refractivity contribution in [1.29, 1.82) is 0 Å². The molecule has 0 radical (unpaired) electrons. The zero-order valence-electron chi connectivity index (χ0n) is 10.2. The zero-order chi connectivity index (χ0) is 13.1. The van der Waals surface area contributed by atoms with E-state index in [2.05, 4.69) is 10.2 Å². The van der Waals surface area contributed by atoms with Crippen molar-refractivity contribution in [2.75, 3.05) is 12.0 Å². The summed E-state index contributed by atoms with van der Waals surface area (Å²) in [5, 5.41) is 8.05. The van der Waals surface area contributed by atoms with Gasteiger partial charge in [0.15, 0.2) is 14.5 Å². The monoisotopic (exact) mass is 316 g/mol. The van der Waals surface area contributed by atoms with E-state index in [1.165, 1.54) is 28.0 Å². The van der Waals surface area contributed by atoms with Gasteiger partial charge in [-0.05, 0) is 26.2 Å². The number of aryl methyl sites for hydroxylation is 2. The fourth-order valence-corrected chi connectivity index (χ4v) is 4.71. The summed E-state index contributed by atoms with van der Waals surface area (Å²) in [6.45, 7) is 4.02. The predicted molar refractivity (Wildman–Crippen MR) is 80.5 cm³/mol. The second-order valence-electron chi connectivity index (χ2n) is 3.58. The number of ketones is 1. The van der Waals surface area contributed by atoms with Gasteiger partial charge in [-0.2, -0.15) is 0 Å². The van der Waals surface area contributed by atoms with Crippen LogP contribution in [0.3, 0.4) is 0 Å². The second-order valence-corrected chi connectivity index (χ2v) is 8.29. The molecule has 0 saturated heterocycles. The van der Waals surface area contributed by atoms with Crippen LogP contribution in [0.25, 0.3) is 0 Å². The third-order valence-corrected chi connectivity index (χ3v) is 6.23. The Balaban J connectivity index is 1.98. The first-order valence-corrected chi connectivity index (χ1v) is 9.05.